The molecule has 0 radical (unpaired) electrons. The molecule has 0 fully saturated rings. The summed E-state index contributed by atoms with van der Waals surface area (Å²) in [6, 6.07) is 0. The fourth-order valence-electron chi connectivity index (χ4n) is 1.24. The Bertz CT molecular complexity index is 346. The Labute approximate surface area is 87.6 Å². The summed E-state index contributed by atoms with van der Waals surface area (Å²) >= 11 is 0. The minimum atomic E-state index is -1.06. The van der Waals surface area contributed by atoms with Gasteiger partial charge < -0.3 is 14.8 Å². The molecule has 0 saturated heterocycles. The molecule has 0 bridgehead atoms. The smallest absolute Gasteiger partial charge is 0.329 e. The molecule has 0 unspecified atom stereocenters. The topological polar surface area (TPSA) is 88.2 Å². The molecule has 0 aliphatic rings. The Hall–Kier alpha value is -1.43. The maximum absolute atomic E-state index is 11.0. The Balaban J connectivity index is 2.94. The molecule has 1 aromatic rings. The molecular formula is C9H15N3O3. The number of aliphatic carboxylic acids is 1. The van der Waals surface area contributed by atoms with Crippen molar-refractivity contribution >= 4 is 5.97 Å². The van der Waals surface area contributed by atoms with E-state index in [1.54, 1.807) is 13.8 Å². The van der Waals surface area contributed by atoms with Gasteiger partial charge in [-0.15, -0.1) is 10.2 Å². The summed E-state index contributed by atoms with van der Waals surface area (Å²) in [4.78, 5) is 11.0. The second-order valence-electron chi connectivity index (χ2n) is 3.81. The van der Waals surface area contributed by atoms with Crippen LogP contribution in [0.1, 0.15) is 26.1 Å². The van der Waals surface area contributed by atoms with Gasteiger partial charge in [-0.05, 0) is 20.3 Å². The van der Waals surface area contributed by atoms with Gasteiger partial charge in [-0.25, -0.2) is 4.79 Å². The summed E-state index contributed by atoms with van der Waals surface area (Å²) < 4.78 is 1.52. The van der Waals surface area contributed by atoms with Gasteiger partial charge in [-0.3, -0.25) is 0 Å². The molecule has 0 aromatic carbocycles. The molecule has 0 saturated carbocycles. The van der Waals surface area contributed by atoms with Crippen LogP contribution in [-0.2, 0) is 16.8 Å². The first kappa shape index (κ1) is 11.6. The number of carboxylic acid groups (broad SMARTS) is 1. The van der Waals surface area contributed by atoms with Gasteiger partial charge in [-0.1, -0.05) is 0 Å². The molecule has 0 atom stereocenters. The number of hydrogen-bond donors (Lipinski definition) is 2. The quantitative estimate of drug-likeness (QED) is 0.720. The third-order valence-corrected chi connectivity index (χ3v) is 2.30. The normalized spacial score (nSPS) is 11.7. The van der Waals surface area contributed by atoms with E-state index in [4.69, 9.17) is 10.2 Å². The SMILES string of the molecule is CC(C)(C(=O)O)n1cnnc1CCCO. The maximum Gasteiger partial charge on any atom is 0.329 e. The fourth-order valence-corrected chi connectivity index (χ4v) is 1.24. The number of nitrogens with zero attached hydrogens (tertiary/aromatic N) is 3. The first-order chi connectivity index (χ1) is 7.00. The van der Waals surface area contributed by atoms with Gasteiger partial charge in [-0.2, -0.15) is 0 Å². The average molecular weight is 213 g/mol. The van der Waals surface area contributed by atoms with Gasteiger partial charge in [0.15, 0.2) is 0 Å². The summed E-state index contributed by atoms with van der Waals surface area (Å²) in [5.41, 5.74) is -1.06. The third-order valence-electron chi connectivity index (χ3n) is 2.30. The highest BCUT2D eigenvalue weighted by Crippen LogP contribution is 2.17. The molecule has 1 aromatic heterocycles. The van der Waals surface area contributed by atoms with Crippen LogP contribution in [0.15, 0.2) is 6.33 Å². The average Bonchev–Trinajstić information content (AvgIpc) is 2.62. The Morgan fingerprint density at radius 3 is 2.80 bits per heavy atom. The van der Waals surface area contributed by atoms with E-state index in [1.807, 2.05) is 0 Å². The van der Waals surface area contributed by atoms with Crippen LogP contribution in [0.25, 0.3) is 0 Å². The minimum absolute atomic E-state index is 0.0559. The Morgan fingerprint density at radius 1 is 1.60 bits per heavy atom. The monoisotopic (exact) mass is 213 g/mol. The highest BCUT2D eigenvalue weighted by molar-refractivity contribution is 5.75. The van der Waals surface area contributed by atoms with Crippen LogP contribution in [0.3, 0.4) is 0 Å². The van der Waals surface area contributed by atoms with Crippen molar-refractivity contribution in [2.45, 2.75) is 32.2 Å². The lowest BCUT2D eigenvalue weighted by Crippen LogP contribution is -2.36. The van der Waals surface area contributed by atoms with E-state index >= 15 is 0 Å². The summed E-state index contributed by atoms with van der Waals surface area (Å²) in [6.45, 7) is 3.22. The lowest BCUT2D eigenvalue weighted by atomic mass is 10.1. The molecule has 84 valence electrons. The molecule has 6 heteroatoms. The summed E-state index contributed by atoms with van der Waals surface area (Å²) in [5.74, 6) is -0.357. The van der Waals surface area contributed by atoms with Crippen LogP contribution in [0.5, 0.6) is 0 Å². The zero-order valence-corrected chi connectivity index (χ0v) is 8.84. The van der Waals surface area contributed by atoms with Crippen molar-refractivity contribution in [3.05, 3.63) is 12.2 Å². The van der Waals surface area contributed by atoms with Crippen molar-refractivity contribution in [1.29, 1.82) is 0 Å². The Kier molecular flexibility index (Phi) is 3.41. The van der Waals surface area contributed by atoms with Gasteiger partial charge in [0.25, 0.3) is 0 Å². The van der Waals surface area contributed by atoms with Crippen molar-refractivity contribution in [3.8, 4) is 0 Å². The van der Waals surface area contributed by atoms with Crippen molar-refractivity contribution in [1.82, 2.24) is 14.8 Å². The molecule has 0 aliphatic heterocycles. The van der Waals surface area contributed by atoms with Crippen molar-refractivity contribution in [3.63, 3.8) is 0 Å². The number of aromatic nitrogens is 3. The molecule has 0 aliphatic carbocycles. The highest BCUT2D eigenvalue weighted by atomic mass is 16.4. The number of aliphatic hydroxyl groups excluding tert-OH is 1. The van der Waals surface area contributed by atoms with E-state index in [9.17, 15) is 4.79 Å². The predicted molar refractivity (Wildman–Crippen MR) is 52.4 cm³/mol. The van der Waals surface area contributed by atoms with Crippen LogP contribution >= 0.6 is 0 Å². The van der Waals surface area contributed by atoms with E-state index in [-0.39, 0.29) is 6.61 Å². The molecule has 0 spiro atoms. The molecule has 1 rings (SSSR count). The second kappa shape index (κ2) is 4.39. The molecule has 2 N–H and O–H groups in total. The largest absolute Gasteiger partial charge is 0.480 e. The van der Waals surface area contributed by atoms with Crippen LogP contribution in [0.4, 0.5) is 0 Å². The molecular weight excluding hydrogens is 198 g/mol. The first-order valence-electron chi connectivity index (χ1n) is 4.73. The van der Waals surface area contributed by atoms with Crippen LogP contribution < -0.4 is 0 Å². The lowest BCUT2D eigenvalue weighted by molar-refractivity contribution is -0.145. The van der Waals surface area contributed by atoms with E-state index in [1.165, 1.54) is 10.9 Å². The lowest BCUT2D eigenvalue weighted by Gasteiger charge is -2.22. The van der Waals surface area contributed by atoms with Gasteiger partial charge in [0, 0.05) is 13.0 Å². The van der Waals surface area contributed by atoms with E-state index in [2.05, 4.69) is 10.2 Å². The van der Waals surface area contributed by atoms with E-state index < -0.39 is 11.5 Å². The zero-order chi connectivity index (χ0) is 11.5. The predicted octanol–water partition coefficient (Wildman–Crippen LogP) is 0.0227. The fraction of sp³-hybridized carbons (Fsp3) is 0.667. The second-order valence-corrected chi connectivity index (χ2v) is 3.81. The van der Waals surface area contributed by atoms with Gasteiger partial charge >= 0.3 is 5.97 Å². The van der Waals surface area contributed by atoms with Crippen LogP contribution in [0.2, 0.25) is 0 Å². The standard InChI is InChI=1S/C9H15N3O3/c1-9(2,8(14)15)12-6-10-11-7(12)4-3-5-13/h6,13H,3-5H2,1-2H3,(H,14,15). The van der Waals surface area contributed by atoms with Crippen molar-refractivity contribution in [2.24, 2.45) is 0 Å². The zero-order valence-electron chi connectivity index (χ0n) is 8.84. The minimum Gasteiger partial charge on any atom is -0.480 e. The maximum atomic E-state index is 11.0. The number of hydrogen-bond acceptors (Lipinski definition) is 4. The van der Waals surface area contributed by atoms with Gasteiger partial charge in [0.1, 0.15) is 17.7 Å². The number of carboxylic acids is 1. The Morgan fingerprint density at radius 2 is 2.27 bits per heavy atom. The number of aryl methyl sites for hydroxylation is 1. The molecule has 15 heavy (non-hydrogen) atoms. The number of rotatable bonds is 5. The van der Waals surface area contributed by atoms with E-state index in [0.717, 1.165) is 0 Å². The highest BCUT2D eigenvalue weighted by Gasteiger charge is 2.31. The third kappa shape index (κ3) is 2.33. The number of aliphatic hydroxyl groups is 1. The van der Waals surface area contributed by atoms with Crippen LogP contribution in [0, 0.1) is 0 Å². The summed E-state index contributed by atoms with van der Waals surface area (Å²) in [5, 5.41) is 25.3. The number of carbonyl (C=O) groups is 1. The molecule has 1 heterocycles. The summed E-state index contributed by atoms with van der Waals surface area (Å²) in [7, 11) is 0. The van der Waals surface area contributed by atoms with Crippen LogP contribution in [-0.4, -0.2) is 37.6 Å². The first-order valence-corrected chi connectivity index (χ1v) is 4.73. The van der Waals surface area contributed by atoms with E-state index in [0.29, 0.717) is 18.7 Å². The molecule has 6 nitrogen and oxygen atoms in total. The molecule has 0 amide bonds. The van der Waals surface area contributed by atoms with Gasteiger partial charge in [0.2, 0.25) is 0 Å². The van der Waals surface area contributed by atoms with Gasteiger partial charge in [0.05, 0.1) is 0 Å². The summed E-state index contributed by atoms with van der Waals surface area (Å²) in [6.07, 6.45) is 2.47. The van der Waals surface area contributed by atoms with Crippen molar-refractivity contribution < 1.29 is 15.0 Å². The van der Waals surface area contributed by atoms with Crippen molar-refractivity contribution in [2.75, 3.05) is 6.61 Å².